The molecule has 0 aromatic heterocycles. The molecule has 8 heteroatoms. The molecular weight excluding hydrogens is 400 g/mol. The second kappa shape index (κ2) is 13.1. The zero-order valence-electron chi connectivity index (χ0n) is 17.2. The SMILES string of the molecule is O=C(O)CNC(=O)c1ccccc1.O=C(OC1CCCCCN1)[C@H](O)c1ccccc1. The molecule has 4 N–H and O–H groups in total. The van der Waals surface area contributed by atoms with Crippen LogP contribution in [0.2, 0.25) is 0 Å². The van der Waals surface area contributed by atoms with Gasteiger partial charge in [-0.05, 0) is 43.5 Å². The summed E-state index contributed by atoms with van der Waals surface area (Å²) in [5.41, 5.74) is 1.03. The highest BCUT2D eigenvalue weighted by molar-refractivity contribution is 5.95. The molecule has 0 bridgehead atoms. The molecule has 31 heavy (non-hydrogen) atoms. The highest BCUT2D eigenvalue weighted by Crippen LogP contribution is 2.16. The lowest BCUT2D eigenvalue weighted by molar-refractivity contribution is -0.161. The Bertz CT molecular complexity index is 820. The van der Waals surface area contributed by atoms with Gasteiger partial charge in [-0.1, -0.05) is 55.0 Å². The first-order chi connectivity index (χ1) is 15.0. The number of nitrogens with one attached hydrogen (secondary N) is 2. The molecule has 0 saturated carbocycles. The van der Waals surface area contributed by atoms with Crippen LogP contribution in [0.3, 0.4) is 0 Å². The summed E-state index contributed by atoms with van der Waals surface area (Å²) in [6, 6.07) is 17.3. The Morgan fingerprint density at radius 2 is 1.65 bits per heavy atom. The summed E-state index contributed by atoms with van der Waals surface area (Å²) in [5.74, 6) is -2.01. The van der Waals surface area contributed by atoms with E-state index in [9.17, 15) is 19.5 Å². The van der Waals surface area contributed by atoms with E-state index in [2.05, 4.69) is 10.6 Å². The van der Waals surface area contributed by atoms with E-state index in [1.165, 1.54) is 0 Å². The van der Waals surface area contributed by atoms with Crippen LogP contribution in [0.4, 0.5) is 0 Å². The largest absolute Gasteiger partial charge is 0.480 e. The van der Waals surface area contributed by atoms with Gasteiger partial charge in [0.1, 0.15) is 6.54 Å². The number of rotatable bonds is 6. The van der Waals surface area contributed by atoms with E-state index in [0.29, 0.717) is 11.1 Å². The maximum Gasteiger partial charge on any atom is 0.341 e. The average Bonchev–Trinajstić information content (AvgIpc) is 3.07. The summed E-state index contributed by atoms with van der Waals surface area (Å²) in [6.45, 7) is 0.507. The highest BCUT2D eigenvalue weighted by Gasteiger charge is 2.23. The van der Waals surface area contributed by atoms with Gasteiger partial charge in [0.15, 0.2) is 12.3 Å². The second-order valence-corrected chi connectivity index (χ2v) is 6.98. The van der Waals surface area contributed by atoms with Crippen molar-refractivity contribution in [3.63, 3.8) is 0 Å². The van der Waals surface area contributed by atoms with E-state index in [1.807, 2.05) is 6.07 Å². The fraction of sp³-hybridized carbons (Fsp3) is 0.348. The van der Waals surface area contributed by atoms with Gasteiger partial charge in [-0.25, -0.2) is 4.79 Å². The lowest BCUT2D eigenvalue weighted by atomic mass is 10.1. The minimum atomic E-state index is -1.20. The van der Waals surface area contributed by atoms with E-state index < -0.39 is 18.0 Å². The topological polar surface area (TPSA) is 125 Å². The number of esters is 1. The van der Waals surface area contributed by atoms with Gasteiger partial charge in [0, 0.05) is 5.56 Å². The van der Waals surface area contributed by atoms with Crippen LogP contribution in [-0.4, -0.2) is 47.4 Å². The third-order valence-corrected chi connectivity index (χ3v) is 4.55. The molecule has 2 aromatic rings. The zero-order chi connectivity index (χ0) is 22.5. The van der Waals surface area contributed by atoms with E-state index in [4.69, 9.17) is 9.84 Å². The van der Waals surface area contributed by atoms with Gasteiger partial charge in [-0.3, -0.25) is 14.9 Å². The number of ether oxygens (including phenoxy) is 1. The molecule has 1 fully saturated rings. The minimum Gasteiger partial charge on any atom is -0.480 e. The van der Waals surface area contributed by atoms with E-state index >= 15 is 0 Å². The van der Waals surface area contributed by atoms with Crippen LogP contribution in [0.1, 0.15) is 47.7 Å². The van der Waals surface area contributed by atoms with Crippen molar-refractivity contribution in [3.05, 3.63) is 71.8 Å². The third-order valence-electron chi connectivity index (χ3n) is 4.55. The smallest absolute Gasteiger partial charge is 0.341 e. The predicted octanol–water partition coefficient (Wildman–Crippen LogP) is 2.25. The normalized spacial score (nSPS) is 16.6. The molecule has 1 aliphatic heterocycles. The summed E-state index contributed by atoms with van der Waals surface area (Å²) in [6.07, 6.45) is 2.66. The van der Waals surface area contributed by atoms with Gasteiger partial charge < -0.3 is 20.3 Å². The summed E-state index contributed by atoms with van der Waals surface area (Å²) < 4.78 is 5.29. The fourth-order valence-electron chi connectivity index (χ4n) is 2.92. The Morgan fingerprint density at radius 1 is 1.00 bits per heavy atom. The summed E-state index contributed by atoms with van der Waals surface area (Å²) in [4.78, 5) is 33.1. The minimum absolute atomic E-state index is 0.265. The first kappa shape index (κ1) is 24.0. The molecule has 1 heterocycles. The highest BCUT2D eigenvalue weighted by atomic mass is 16.6. The number of benzene rings is 2. The maximum absolute atomic E-state index is 11.8. The van der Waals surface area contributed by atoms with E-state index in [1.54, 1.807) is 54.6 Å². The van der Waals surface area contributed by atoms with Crippen molar-refractivity contribution >= 4 is 17.8 Å². The van der Waals surface area contributed by atoms with Crippen molar-refractivity contribution in [2.75, 3.05) is 13.1 Å². The second-order valence-electron chi connectivity index (χ2n) is 6.98. The number of aliphatic hydroxyl groups excluding tert-OH is 1. The Labute approximate surface area is 181 Å². The van der Waals surface area contributed by atoms with Crippen LogP contribution in [0.25, 0.3) is 0 Å². The first-order valence-electron chi connectivity index (χ1n) is 10.2. The molecule has 0 radical (unpaired) electrons. The molecule has 166 valence electrons. The molecule has 0 spiro atoms. The molecule has 3 rings (SSSR count). The van der Waals surface area contributed by atoms with Crippen molar-refractivity contribution in [1.29, 1.82) is 0 Å². The van der Waals surface area contributed by atoms with E-state index in [-0.39, 0.29) is 18.7 Å². The van der Waals surface area contributed by atoms with Crippen LogP contribution in [0.5, 0.6) is 0 Å². The molecule has 1 aliphatic rings. The van der Waals surface area contributed by atoms with Gasteiger partial charge in [0.05, 0.1) is 0 Å². The fourth-order valence-corrected chi connectivity index (χ4v) is 2.92. The first-order valence-corrected chi connectivity index (χ1v) is 10.2. The van der Waals surface area contributed by atoms with Gasteiger partial charge in [-0.2, -0.15) is 0 Å². The van der Waals surface area contributed by atoms with Crippen LogP contribution in [0, 0.1) is 0 Å². The zero-order valence-corrected chi connectivity index (χ0v) is 17.2. The Morgan fingerprint density at radius 3 is 2.29 bits per heavy atom. The summed E-state index contributed by atoms with van der Waals surface area (Å²) >= 11 is 0. The monoisotopic (exact) mass is 428 g/mol. The molecule has 0 aliphatic carbocycles. The van der Waals surface area contributed by atoms with Gasteiger partial charge in [0.25, 0.3) is 5.91 Å². The standard InChI is InChI=1S/C14H19NO3.C9H9NO3/c16-13(11-7-3-1-4-8-11)14(17)18-12-9-5-2-6-10-15-12;11-8(12)6-10-9(13)7-4-2-1-3-5-7/h1,3-4,7-8,12-13,15-16H,2,5-6,9-10H2;1-5H,6H2,(H,10,13)(H,11,12)/t12?,13-;/m1./s1. The Hall–Kier alpha value is -3.23. The van der Waals surface area contributed by atoms with Crippen molar-refractivity contribution in [2.45, 2.75) is 38.0 Å². The molecule has 2 atom stereocenters. The molecule has 1 amide bonds. The van der Waals surface area contributed by atoms with Crippen LogP contribution < -0.4 is 10.6 Å². The number of carboxylic acids is 1. The number of hydrogen-bond acceptors (Lipinski definition) is 6. The van der Waals surface area contributed by atoms with Gasteiger partial charge in [0.2, 0.25) is 0 Å². The number of aliphatic hydroxyl groups is 1. The van der Waals surface area contributed by atoms with E-state index in [0.717, 1.165) is 32.2 Å². The summed E-state index contributed by atoms with van der Waals surface area (Å²) in [5, 5.41) is 23.6. The lowest BCUT2D eigenvalue weighted by Gasteiger charge is -2.19. The predicted molar refractivity (Wildman–Crippen MR) is 114 cm³/mol. The lowest BCUT2D eigenvalue weighted by Crippen LogP contribution is -2.34. The van der Waals surface area contributed by atoms with Gasteiger partial charge >= 0.3 is 11.9 Å². The van der Waals surface area contributed by atoms with Crippen molar-refractivity contribution < 1.29 is 29.3 Å². The third kappa shape index (κ3) is 8.98. The maximum atomic E-state index is 11.8. The summed E-state index contributed by atoms with van der Waals surface area (Å²) in [7, 11) is 0. The Kier molecular flexibility index (Phi) is 10.2. The van der Waals surface area contributed by atoms with Crippen molar-refractivity contribution in [2.24, 2.45) is 0 Å². The number of hydrogen-bond donors (Lipinski definition) is 4. The molecule has 1 unspecified atom stereocenters. The van der Waals surface area contributed by atoms with Crippen molar-refractivity contribution in [3.8, 4) is 0 Å². The number of aliphatic carboxylic acids is 1. The van der Waals surface area contributed by atoms with Crippen LogP contribution >= 0.6 is 0 Å². The van der Waals surface area contributed by atoms with Crippen LogP contribution in [-0.2, 0) is 14.3 Å². The van der Waals surface area contributed by atoms with Crippen molar-refractivity contribution in [1.82, 2.24) is 10.6 Å². The number of carbonyl (C=O) groups excluding carboxylic acids is 2. The number of carbonyl (C=O) groups is 3. The van der Waals surface area contributed by atoms with Gasteiger partial charge in [-0.15, -0.1) is 0 Å². The van der Waals surface area contributed by atoms with Crippen LogP contribution in [0.15, 0.2) is 60.7 Å². The number of amides is 1. The molecule has 8 nitrogen and oxygen atoms in total. The Balaban J connectivity index is 0.000000233. The molecule has 2 aromatic carbocycles. The quantitative estimate of drug-likeness (QED) is 0.520. The molecular formula is C23H28N2O6. The molecule has 1 saturated heterocycles. The number of carboxylic acid groups (broad SMARTS) is 1. The average molecular weight is 428 g/mol.